The Bertz CT molecular complexity index is 558. The van der Waals surface area contributed by atoms with Crippen molar-refractivity contribution in [3.05, 3.63) is 28.8 Å². The van der Waals surface area contributed by atoms with Crippen LogP contribution in [-0.4, -0.2) is 30.2 Å². The van der Waals surface area contributed by atoms with Gasteiger partial charge in [0.25, 0.3) is 11.7 Å². The number of carbonyl (C=O) groups is 3. The highest BCUT2D eigenvalue weighted by Gasteiger charge is 2.37. The number of rotatable bonds is 3. The van der Waals surface area contributed by atoms with Crippen LogP contribution in [0.1, 0.15) is 10.4 Å². The number of carbonyl (C=O) groups excluding carboxylic acids is 3. The largest absolute Gasteiger partial charge is 0.368 e. The van der Waals surface area contributed by atoms with Gasteiger partial charge in [-0.2, -0.15) is 0 Å². The molecule has 0 radical (unpaired) electrons. The molecular formula is C11H10ClN3O3. The molecule has 0 spiro atoms. The molecule has 1 unspecified atom stereocenters. The monoisotopic (exact) mass is 267 g/mol. The molecule has 2 rings (SSSR count). The van der Waals surface area contributed by atoms with E-state index < -0.39 is 23.6 Å². The Morgan fingerprint density at radius 2 is 2.06 bits per heavy atom. The van der Waals surface area contributed by atoms with E-state index in [9.17, 15) is 14.4 Å². The van der Waals surface area contributed by atoms with Crippen LogP contribution in [0, 0.1) is 0 Å². The van der Waals surface area contributed by atoms with Crippen molar-refractivity contribution in [2.24, 2.45) is 11.5 Å². The first-order chi connectivity index (χ1) is 8.41. The molecule has 1 aliphatic rings. The SMILES string of the molecule is NC(=O)C(N)CN1C(=O)C(=O)c2ccc(Cl)cc21. The Morgan fingerprint density at radius 3 is 2.67 bits per heavy atom. The minimum atomic E-state index is -1.04. The first kappa shape index (κ1) is 12.5. The zero-order chi connectivity index (χ0) is 13.4. The highest BCUT2D eigenvalue weighted by Crippen LogP contribution is 2.31. The lowest BCUT2D eigenvalue weighted by Gasteiger charge is -2.19. The van der Waals surface area contributed by atoms with Gasteiger partial charge in [0.1, 0.15) is 6.04 Å². The quantitative estimate of drug-likeness (QED) is 0.732. The van der Waals surface area contributed by atoms with Gasteiger partial charge in [0, 0.05) is 5.02 Å². The molecular weight excluding hydrogens is 258 g/mol. The van der Waals surface area contributed by atoms with E-state index in [-0.39, 0.29) is 12.1 Å². The fourth-order valence-corrected chi connectivity index (χ4v) is 1.90. The summed E-state index contributed by atoms with van der Waals surface area (Å²) in [5.41, 5.74) is 11.1. The van der Waals surface area contributed by atoms with Crippen molar-refractivity contribution in [1.29, 1.82) is 0 Å². The summed E-state index contributed by atoms with van der Waals surface area (Å²) < 4.78 is 0. The highest BCUT2D eigenvalue weighted by atomic mass is 35.5. The lowest BCUT2D eigenvalue weighted by atomic mass is 10.1. The molecule has 18 heavy (non-hydrogen) atoms. The third-order valence-corrected chi connectivity index (χ3v) is 2.91. The minimum absolute atomic E-state index is 0.146. The van der Waals surface area contributed by atoms with Crippen LogP contribution in [0.15, 0.2) is 18.2 Å². The van der Waals surface area contributed by atoms with Gasteiger partial charge >= 0.3 is 0 Å². The lowest BCUT2D eigenvalue weighted by molar-refractivity contribution is -0.119. The molecule has 0 saturated heterocycles. The molecule has 1 atom stereocenters. The van der Waals surface area contributed by atoms with E-state index in [1.165, 1.54) is 18.2 Å². The third-order valence-electron chi connectivity index (χ3n) is 2.68. The third kappa shape index (κ3) is 1.96. The van der Waals surface area contributed by atoms with Gasteiger partial charge in [-0.15, -0.1) is 0 Å². The fraction of sp³-hybridized carbons (Fsp3) is 0.182. The minimum Gasteiger partial charge on any atom is -0.368 e. The zero-order valence-corrected chi connectivity index (χ0v) is 9.98. The van der Waals surface area contributed by atoms with Crippen LogP contribution >= 0.6 is 11.6 Å². The summed E-state index contributed by atoms with van der Waals surface area (Å²) in [5.74, 6) is -2.12. The summed E-state index contributed by atoms with van der Waals surface area (Å²) in [4.78, 5) is 35.5. The van der Waals surface area contributed by atoms with Crippen LogP contribution in [0.4, 0.5) is 5.69 Å². The van der Waals surface area contributed by atoms with E-state index in [4.69, 9.17) is 23.1 Å². The predicted molar refractivity (Wildman–Crippen MR) is 65.3 cm³/mol. The summed E-state index contributed by atoms with van der Waals surface area (Å²) in [6.07, 6.45) is 0. The number of Topliss-reactive ketones (excluding diaryl/α,β-unsaturated/α-hetero) is 1. The molecule has 7 heteroatoms. The summed E-state index contributed by atoms with van der Waals surface area (Å²) in [5, 5.41) is 0.383. The highest BCUT2D eigenvalue weighted by molar-refractivity contribution is 6.52. The number of hydrogen-bond acceptors (Lipinski definition) is 4. The van der Waals surface area contributed by atoms with Gasteiger partial charge in [0.15, 0.2) is 0 Å². The van der Waals surface area contributed by atoms with Crippen LogP contribution < -0.4 is 16.4 Å². The molecule has 0 fully saturated rings. The lowest BCUT2D eigenvalue weighted by Crippen LogP contribution is -2.47. The molecule has 0 bridgehead atoms. The topological polar surface area (TPSA) is 106 Å². The zero-order valence-electron chi connectivity index (χ0n) is 9.22. The smallest absolute Gasteiger partial charge is 0.299 e. The molecule has 1 heterocycles. The van der Waals surface area contributed by atoms with Gasteiger partial charge in [-0.05, 0) is 18.2 Å². The van der Waals surface area contributed by atoms with E-state index >= 15 is 0 Å². The van der Waals surface area contributed by atoms with E-state index in [0.717, 1.165) is 4.90 Å². The second-order valence-corrected chi connectivity index (χ2v) is 4.35. The summed E-state index contributed by atoms with van der Waals surface area (Å²) in [6.45, 7) is -0.146. The number of nitrogens with zero attached hydrogens (tertiary/aromatic N) is 1. The number of hydrogen-bond donors (Lipinski definition) is 2. The van der Waals surface area contributed by atoms with E-state index in [0.29, 0.717) is 10.7 Å². The standard InChI is InChI=1S/C11H10ClN3O3/c12-5-1-2-6-8(3-5)15(11(18)9(6)16)4-7(13)10(14)17/h1-3,7H,4,13H2,(H2,14,17). The van der Waals surface area contributed by atoms with Gasteiger partial charge in [-0.25, -0.2) is 0 Å². The number of primary amides is 1. The number of ketones is 1. The second kappa shape index (κ2) is 4.40. The number of halogens is 1. The number of benzene rings is 1. The van der Waals surface area contributed by atoms with Gasteiger partial charge in [-0.3, -0.25) is 14.4 Å². The van der Waals surface area contributed by atoms with Crippen molar-refractivity contribution in [2.45, 2.75) is 6.04 Å². The molecule has 2 amide bonds. The molecule has 1 aromatic rings. The molecule has 1 aliphatic heterocycles. The molecule has 0 saturated carbocycles. The summed E-state index contributed by atoms with van der Waals surface area (Å²) in [6, 6.07) is 3.43. The molecule has 0 aliphatic carbocycles. The Hall–Kier alpha value is -1.92. The van der Waals surface area contributed by atoms with Crippen LogP contribution in [0.25, 0.3) is 0 Å². The number of nitrogens with two attached hydrogens (primary N) is 2. The second-order valence-electron chi connectivity index (χ2n) is 3.92. The van der Waals surface area contributed by atoms with Gasteiger partial charge in [0.2, 0.25) is 5.91 Å². The Kier molecular flexibility index (Phi) is 3.06. The van der Waals surface area contributed by atoms with Gasteiger partial charge in [-0.1, -0.05) is 11.6 Å². The van der Waals surface area contributed by atoms with E-state index in [1.807, 2.05) is 0 Å². The number of amides is 2. The normalized spacial score (nSPS) is 15.8. The van der Waals surface area contributed by atoms with Crippen LogP contribution in [0.3, 0.4) is 0 Å². The van der Waals surface area contributed by atoms with Crippen LogP contribution in [0.5, 0.6) is 0 Å². The Labute approximate surface area is 107 Å². The molecule has 1 aromatic carbocycles. The van der Waals surface area contributed by atoms with Crippen molar-refractivity contribution in [1.82, 2.24) is 0 Å². The summed E-state index contributed by atoms with van der Waals surface area (Å²) in [7, 11) is 0. The first-order valence-electron chi connectivity index (χ1n) is 5.12. The van der Waals surface area contributed by atoms with Crippen molar-refractivity contribution < 1.29 is 14.4 Å². The molecule has 94 valence electrons. The van der Waals surface area contributed by atoms with Crippen LogP contribution in [-0.2, 0) is 9.59 Å². The molecule has 0 aromatic heterocycles. The predicted octanol–water partition coefficient (Wildman–Crippen LogP) is -0.318. The average molecular weight is 268 g/mol. The van der Waals surface area contributed by atoms with Gasteiger partial charge < -0.3 is 16.4 Å². The fourth-order valence-electron chi connectivity index (χ4n) is 1.74. The molecule has 4 N–H and O–H groups in total. The first-order valence-corrected chi connectivity index (χ1v) is 5.50. The van der Waals surface area contributed by atoms with Gasteiger partial charge in [0.05, 0.1) is 17.8 Å². The van der Waals surface area contributed by atoms with Crippen molar-refractivity contribution >= 4 is 34.9 Å². The average Bonchev–Trinajstić information content (AvgIpc) is 2.54. The molecule has 6 nitrogen and oxygen atoms in total. The maximum Gasteiger partial charge on any atom is 0.299 e. The number of anilines is 1. The maximum absolute atomic E-state index is 11.8. The number of fused-ring (bicyclic) bond motifs is 1. The van der Waals surface area contributed by atoms with Crippen LogP contribution in [0.2, 0.25) is 5.02 Å². The maximum atomic E-state index is 11.8. The summed E-state index contributed by atoms with van der Waals surface area (Å²) >= 11 is 5.81. The Balaban J connectivity index is 2.39. The van der Waals surface area contributed by atoms with E-state index in [1.54, 1.807) is 0 Å². The van der Waals surface area contributed by atoms with Crippen molar-refractivity contribution in [3.63, 3.8) is 0 Å². The Morgan fingerprint density at radius 1 is 1.39 bits per heavy atom. The van der Waals surface area contributed by atoms with Crippen molar-refractivity contribution in [2.75, 3.05) is 11.4 Å². The van der Waals surface area contributed by atoms with Crippen molar-refractivity contribution in [3.8, 4) is 0 Å². The van der Waals surface area contributed by atoms with E-state index in [2.05, 4.69) is 0 Å².